The lowest BCUT2D eigenvalue weighted by Gasteiger charge is -2.17. The first-order valence-electron chi connectivity index (χ1n) is 18.0. The summed E-state index contributed by atoms with van der Waals surface area (Å²) in [6.45, 7) is 6.92. The number of rotatable bonds is 26. The zero-order chi connectivity index (χ0) is 32.0. The second kappa shape index (κ2) is 22.8. The molecular weight excluding hydrogens is 546 g/mol. The van der Waals surface area contributed by atoms with E-state index in [1.54, 1.807) is 12.1 Å². The van der Waals surface area contributed by atoms with Crippen LogP contribution in [0.5, 0.6) is 0 Å². The third kappa shape index (κ3) is 13.5. The largest absolute Gasteiger partial charge is 0.545 e. The van der Waals surface area contributed by atoms with Crippen molar-refractivity contribution in [3.05, 3.63) is 46.5 Å². The zero-order valence-electron chi connectivity index (χ0n) is 28.2. The quantitative estimate of drug-likeness (QED) is 0.0853. The Labute approximate surface area is 268 Å². The first kappa shape index (κ1) is 37.5. The standard InChI is InChI=1S/C39H61NO4/c1-4-6-8-10-12-14-16-17-19-21-23-25-35(41)32-27-26-31(3)36-33(28-29-34(37(32)36)39(43)44)38(42)40-30-24-22-20-18-15-13-11-9-7-5-2/h26-29H,4-25,30H2,1-3H3,(H,40,42)(H,43,44)/p-1. The average Bonchev–Trinajstić information content (AvgIpc) is 3.01. The molecule has 2 rings (SSSR count). The number of hydrogen-bond acceptors (Lipinski definition) is 4. The number of ketones is 1. The maximum Gasteiger partial charge on any atom is 0.251 e. The fourth-order valence-corrected chi connectivity index (χ4v) is 6.25. The van der Waals surface area contributed by atoms with Gasteiger partial charge in [-0.2, -0.15) is 0 Å². The highest BCUT2D eigenvalue weighted by Gasteiger charge is 2.20. The minimum atomic E-state index is -1.33. The Morgan fingerprint density at radius 2 is 0.977 bits per heavy atom. The minimum Gasteiger partial charge on any atom is -0.545 e. The number of fused-ring (bicyclic) bond motifs is 1. The van der Waals surface area contributed by atoms with E-state index in [-0.39, 0.29) is 17.3 Å². The average molecular weight is 607 g/mol. The topological polar surface area (TPSA) is 86.3 Å². The van der Waals surface area contributed by atoms with E-state index in [1.165, 1.54) is 109 Å². The van der Waals surface area contributed by atoms with Crippen LogP contribution in [0.3, 0.4) is 0 Å². The molecule has 5 nitrogen and oxygen atoms in total. The summed E-state index contributed by atoms with van der Waals surface area (Å²) in [4.78, 5) is 38.7. The number of aromatic carboxylic acids is 1. The van der Waals surface area contributed by atoms with Gasteiger partial charge in [0.05, 0.1) is 5.97 Å². The van der Waals surface area contributed by atoms with Crippen molar-refractivity contribution in [1.82, 2.24) is 5.32 Å². The van der Waals surface area contributed by atoms with Crippen LogP contribution in [-0.4, -0.2) is 24.2 Å². The van der Waals surface area contributed by atoms with Crippen LogP contribution in [0.1, 0.15) is 192 Å². The van der Waals surface area contributed by atoms with Crippen LogP contribution in [0.2, 0.25) is 0 Å². The predicted octanol–water partition coefficient (Wildman–Crippen LogP) is 10.0. The van der Waals surface area contributed by atoms with E-state index < -0.39 is 5.97 Å². The molecule has 0 spiro atoms. The molecule has 0 heterocycles. The van der Waals surface area contributed by atoms with Gasteiger partial charge in [-0.1, -0.05) is 154 Å². The highest BCUT2D eigenvalue weighted by molar-refractivity contribution is 6.20. The number of Topliss-reactive ketones (excluding diaryl/α,β-unsaturated/α-hetero) is 1. The molecule has 0 aliphatic heterocycles. The number of carbonyl (C=O) groups is 3. The first-order chi connectivity index (χ1) is 21.4. The number of unbranched alkanes of at least 4 members (excludes halogenated alkanes) is 19. The molecule has 1 amide bonds. The van der Waals surface area contributed by atoms with E-state index in [1.807, 2.05) is 13.0 Å². The van der Waals surface area contributed by atoms with Crippen molar-refractivity contribution in [3.8, 4) is 0 Å². The third-order valence-corrected chi connectivity index (χ3v) is 8.96. The highest BCUT2D eigenvalue weighted by atomic mass is 16.4. The van der Waals surface area contributed by atoms with Gasteiger partial charge in [-0.25, -0.2) is 0 Å². The number of carbonyl (C=O) groups excluding carboxylic acids is 3. The van der Waals surface area contributed by atoms with E-state index >= 15 is 0 Å². The van der Waals surface area contributed by atoms with Crippen molar-refractivity contribution in [2.24, 2.45) is 0 Å². The lowest BCUT2D eigenvalue weighted by molar-refractivity contribution is -0.254. The number of amides is 1. The molecule has 0 aliphatic rings. The molecule has 1 N–H and O–H groups in total. The molecular formula is C39H60NO4-. The van der Waals surface area contributed by atoms with Gasteiger partial charge in [-0.3, -0.25) is 9.59 Å². The van der Waals surface area contributed by atoms with Crippen LogP contribution in [0.15, 0.2) is 24.3 Å². The number of hydrogen-bond donors (Lipinski definition) is 1. The molecule has 0 radical (unpaired) electrons. The highest BCUT2D eigenvalue weighted by Crippen LogP contribution is 2.31. The Morgan fingerprint density at radius 3 is 1.48 bits per heavy atom. The summed E-state index contributed by atoms with van der Waals surface area (Å²) >= 11 is 0. The Morgan fingerprint density at radius 1 is 0.545 bits per heavy atom. The molecule has 2 aromatic carbocycles. The molecule has 246 valence electrons. The number of aryl methyl sites for hydroxylation is 1. The van der Waals surface area contributed by atoms with Crippen LogP contribution < -0.4 is 10.4 Å². The van der Waals surface area contributed by atoms with Gasteiger partial charge >= 0.3 is 0 Å². The van der Waals surface area contributed by atoms with Gasteiger partial charge in [0.1, 0.15) is 0 Å². The summed E-state index contributed by atoms with van der Waals surface area (Å²) in [5.41, 5.74) is 1.54. The molecule has 0 fully saturated rings. The lowest BCUT2D eigenvalue weighted by atomic mass is 9.89. The first-order valence-corrected chi connectivity index (χ1v) is 18.0. The molecule has 0 saturated heterocycles. The van der Waals surface area contributed by atoms with E-state index in [9.17, 15) is 19.5 Å². The van der Waals surface area contributed by atoms with Crippen LogP contribution in [0.25, 0.3) is 10.8 Å². The smallest absolute Gasteiger partial charge is 0.251 e. The predicted molar refractivity (Wildman–Crippen MR) is 183 cm³/mol. The summed E-state index contributed by atoms with van der Waals surface area (Å²) in [5.74, 6) is -1.63. The van der Waals surface area contributed by atoms with E-state index in [0.29, 0.717) is 34.9 Å². The van der Waals surface area contributed by atoms with Crippen LogP contribution in [0, 0.1) is 6.92 Å². The molecule has 0 atom stereocenters. The van der Waals surface area contributed by atoms with Crippen LogP contribution in [0.4, 0.5) is 0 Å². The number of carboxylic acids is 1. The van der Waals surface area contributed by atoms with Crippen molar-refractivity contribution >= 4 is 28.4 Å². The Kier molecular flexibility index (Phi) is 19.4. The third-order valence-electron chi connectivity index (χ3n) is 8.96. The van der Waals surface area contributed by atoms with Gasteiger partial charge in [-0.05, 0) is 36.8 Å². The molecule has 0 aromatic heterocycles. The molecule has 44 heavy (non-hydrogen) atoms. The second-order valence-corrected chi connectivity index (χ2v) is 12.8. The SMILES string of the molecule is CCCCCCCCCCCCCC(=O)c1ccc(C)c2c(C(=O)NCCCCCCCCCCCC)ccc(C(=O)[O-])c12. The molecule has 0 saturated carbocycles. The number of benzene rings is 2. The summed E-state index contributed by atoms with van der Waals surface area (Å²) in [5, 5.41) is 16.0. The Bertz CT molecular complexity index is 1140. The summed E-state index contributed by atoms with van der Waals surface area (Å²) in [6, 6.07) is 6.53. The van der Waals surface area contributed by atoms with Gasteiger partial charge in [-0.15, -0.1) is 0 Å². The number of carboxylic acid groups (broad SMARTS) is 1. The Balaban J connectivity index is 1.91. The van der Waals surface area contributed by atoms with Crippen LogP contribution >= 0.6 is 0 Å². The molecule has 2 aromatic rings. The van der Waals surface area contributed by atoms with Crippen molar-refractivity contribution in [2.45, 2.75) is 162 Å². The maximum absolute atomic E-state index is 13.4. The lowest BCUT2D eigenvalue weighted by Crippen LogP contribution is -2.26. The normalized spacial score (nSPS) is 11.2. The van der Waals surface area contributed by atoms with Gasteiger partial charge < -0.3 is 15.2 Å². The van der Waals surface area contributed by atoms with Crippen molar-refractivity contribution in [2.75, 3.05) is 6.54 Å². The zero-order valence-corrected chi connectivity index (χ0v) is 28.2. The summed E-state index contributed by atoms with van der Waals surface area (Å²) in [7, 11) is 0. The molecule has 0 aliphatic carbocycles. The molecule has 0 unspecified atom stereocenters. The summed E-state index contributed by atoms with van der Waals surface area (Å²) < 4.78 is 0. The molecule has 5 heteroatoms. The summed E-state index contributed by atoms with van der Waals surface area (Å²) in [6.07, 6.45) is 25.9. The van der Waals surface area contributed by atoms with E-state index in [4.69, 9.17) is 0 Å². The molecule has 0 bridgehead atoms. The fraction of sp³-hybridized carbons (Fsp3) is 0.667. The van der Waals surface area contributed by atoms with Gasteiger partial charge in [0.25, 0.3) is 5.91 Å². The second-order valence-electron chi connectivity index (χ2n) is 12.8. The van der Waals surface area contributed by atoms with Gasteiger partial charge in [0.2, 0.25) is 0 Å². The minimum absolute atomic E-state index is 0.0303. The van der Waals surface area contributed by atoms with E-state index in [0.717, 1.165) is 37.7 Å². The maximum atomic E-state index is 13.4. The van der Waals surface area contributed by atoms with Crippen molar-refractivity contribution in [1.29, 1.82) is 0 Å². The van der Waals surface area contributed by atoms with Gasteiger partial charge in [0.15, 0.2) is 5.78 Å². The van der Waals surface area contributed by atoms with Crippen molar-refractivity contribution < 1.29 is 19.5 Å². The van der Waals surface area contributed by atoms with E-state index in [2.05, 4.69) is 19.2 Å². The monoisotopic (exact) mass is 606 g/mol. The van der Waals surface area contributed by atoms with Crippen molar-refractivity contribution in [3.63, 3.8) is 0 Å². The number of nitrogens with one attached hydrogen (secondary N) is 1. The van der Waals surface area contributed by atoms with Crippen LogP contribution in [-0.2, 0) is 0 Å². The Hall–Kier alpha value is -2.69. The van der Waals surface area contributed by atoms with Gasteiger partial charge in [0, 0.05) is 35.0 Å². The fourth-order valence-electron chi connectivity index (χ4n) is 6.25.